The van der Waals surface area contributed by atoms with Crippen LogP contribution in [-0.4, -0.2) is 26.1 Å². The van der Waals surface area contributed by atoms with E-state index in [0.29, 0.717) is 0 Å². The highest BCUT2D eigenvalue weighted by atomic mass is 15.2. The molecule has 0 atom stereocenters. The maximum atomic E-state index is 4.59. The first-order valence-electron chi connectivity index (χ1n) is 6.99. The number of aryl methyl sites for hydroxylation is 1. The average Bonchev–Trinajstić information content (AvgIpc) is 2.83. The molecule has 0 unspecified atom stereocenters. The zero-order valence-electron chi connectivity index (χ0n) is 12.5. The molecule has 0 bridgehead atoms. The van der Waals surface area contributed by atoms with Crippen molar-refractivity contribution in [2.75, 3.05) is 11.9 Å². The molecule has 3 heterocycles. The van der Waals surface area contributed by atoms with Gasteiger partial charge in [0.05, 0.1) is 11.7 Å². The quantitative estimate of drug-likeness (QED) is 0.799. The monoisotopic (exact) mass is 281 g/mol. The molecule has 0 aliphatic carbocycles. The summed E-state index contributed by atoms with van der Waals surface area (Å²) in [6, 6.07) is 6.09. The van der Waals surface area contributed by atoms with Crippen molar-refractivity contribution in [1.29, 1.82) is 0 Å². The van der Waals surface area contributed by atoms with Gasteiger partial charge in [-0.25, -0.2) is 4.98 Å². The summed E-state index contributed by atoms with van der Waals surface area (Å²) >= 11 is 0. The number of anilines is 1. The van der Waals surface area contributed by atoms with Gasteiger partial charge in [0.2, 0.25) is 5.95 Å². The molecule has 0 aromatic carbocycles. The molecule has 3 aromatic heterocycles. The molecule has 0 saturated carbocycles. The first-order valence-corrected chi connectivity index (χ1v) is 6.99. The largest absolute Gasteiger partial charge is 0.355 e. The molecule has 1 N–H and O–H groups in total. The van der Waals surface area contributed by atoms with Crippen molar-refractivity contribution < 1.29 is 0 Å². The van der Waals surface area contributed by atoms with Gasteiger partial charge in [0.15, 0.2) is 0 Å². The molecular formula is C16H19N5. The van der Waals surface area contributed by atoms with Crippen LogP contribution in [-0.2, 0) is 12.5 Å². The third-order valence-corrected chi connectivity index (χ3v) is 3.83. The van der Waals surface area contributed by atoms with Crippen LogP contribution < -0.4 is 5.32 Å². The number of rotatable bonds is 4. The van der Waals surface area contributed by atoms with Gasteiger partial charge in [-0.05, 0) is 23.8 Å². The minimum Gasteiger partial charge on any atom is -0.355 e. The fraction of sp³-hybridized carbons (Fsp3) is 0.312. The lowest BCUT2D eigenvalue weighted by atomic mass is 9.85. The van der Waals surface area contributed by atoms with Crippen molar-refractivity contribution in [2.45, 2.75) is 19.3 Å². The second-order valence-corrected chi connectivity index (χ2v) is 5.83. The molecular weight excluding hydrogens is 262 g/mol. The highest BCUT2D eigenvalue weighted by Crippen LogP contribution is 2.24. The van der Waals surface area contributed by atoms with Crippen LogP contribution in [0.4, 0.5) is 5.95 Å². The Morgan fingerprint density at radius 2 is 1.81 bits per heavy atom. The van der Waals surface area contributed by atoms with E-state index in [1.54, 1.807) is 12.4 Å². The van der Waals surface area contributed by atoms with Gasteiger partial charge in [0.25, 0.3) is 0 Å². The molecule has 0 saturated heterocycles. The van der Waals surface area contributed by atoms with Crippen molar-refractivity contribution in [3.05, 3.63) is 48.5 Å². The van der Waals surface area contributed by atoms with E-state index in [-0.39, 0.29) is 5.41 Å². The van der Waals surface area contributed by atoms with E-state index in [1.165, 1.54) is 5.56 Å². The topological polar surface area (TPSA) is 55.6 Å². The summed E-state index contributed by atoms with van der Waals surface area (Å²) in [5.41, 5.74) is 3.24. The van der Waals surface area contributed by atoms with E-state index in [2.05, 4.69) is 50.8 Å². The Balaban J connectivity index is 1.82. The minimum absolute atomic E-state index is 0.000670. The lowest BCUT2D eigenvalue weighted by Gasteiger charge is -2.25. The molecule has 3 aromatic rings. The van der Waals surface area contributed by atoms with Crippen LogP contribution in [0.1, 0.15) is 19.4 Å². The normalized spacial score (nSPS) is 11.8. The summed E-state index contributed by atoms with van der Waals surface area (Å²) in [5, 5.41) is 3.44. The number of nitrogens with one attached hydrogen (secondary N) is 1. The van der Waals surface area contributed by atoms with E-state index >= 15 is 0 Å². The Kier molecular flexibility index (Phi) is 3.33. The Labute approximate surface area is 124 Å². The summed E-state index contributed by atoms with van der Waals surface area (Å²) in [5.74, 6) is 0.861. The van der Waals surface area contributed by atoms with Crippen LogP contribution in [0, 0.1) is 0 Å². The number of fused-ring (bicyclic) bond motifs is 1. The minimum atomic E-state index is -0.000670. The van der Waals surface area contributed by atoms with E-state index in [9.17, 15) is 0 Å². The summed E-state index contributed by atoms with van der Waals surface area (Å²) < 4.78 is 2.06. The van der Waals surface area contributed by atoms with Gasteiger partial charge in [-0.1, -0.05) is 13.8 Å². The third kappa shape index (κ3) is 2.59. The van der Waals surface area contributed by atoms with Crippen molar-refractivity contribution in [1.82, 2.24) is 19.5 Å². The maximum Gasteiger partial charge on any atom is 0.203 e. The Morgan fingerprint density at radius 3 is 2.52 bits per heavy atom. The molecule has 21 heavy (non-hydrogen) atoms. The van der Waals surface area contributed by atoms with E-state index in [4.69, 9.17) is 0 Å². The number of aromatic nitrogens is 4. The Hall–Kier alpha value is -2.43. The summed E-state index contributed by atoms with van der Waals surface area (Å²) in [7, 11) is 2.01. The lowest BCUT2D eigenvalue weighted by molar-refractivity contribution is 0.553. The Bertz CT molecular complexity index is 746. The van der Waals surface area contributed by atoms with Gasteiger partial charge >= 0.3 is 0 Å². The van der Waals surface area contributed by atoms with E-state index in [0.717, 1.165) is 23.5 Å². The second kappa shape index (κ2) is 5.16. The number of imidazole rings is 1. The van der Waals surface area contributed by atoms with Gasteiger partial charge in [-0.2, -0.15) is 0 Å². The first kappa shape index (κ1) is 13.5. The molecule has 0 fully saturated rings. The maximum absolute atomic E-state index is 4.59. The Morgan fingerprint density at radius 1 is 1.10 bits per heavy atom. The number of pyridine rings is 2. The van der Waals surface area contributed by atoms with Gasteiger partial charge in [-0.15, -0.1) is 0 Å². The molecule has 5 heteroatoms. The van der Waals surface area contributed by atoms with Crippen LogP contribution in [0.25, 0.3) is 11.0 Å². The fourth-order valence-electron chi connectivity index (χ4n) is 2.42. The van der Waals surface area contributed by atoms with E-state index in [1.807, 2.05) is 25.5 Å². The summed E-state index contributed by atoms with van der Waals surface area (Å²) in [6.45, 7) is 5.21. The predicted molar refractivity (Wildman–Crippen MR) is 84.3 cm³/mol. The van der Waals surface area contributed by atoms with Crippen LogP contribution in [0.15, 0.2) is 43.0 Å². The number of hydrogen-bond acceptors (Lipinski definition) is 4. The van der Waals surface area contributed by atoms with Gasteiger partial charge < -0.3 is 9.88 Å². The molecule has 108 valence electrons. The van der Waals surface area contributed by atoms with Crippen molar-refractivity contribution in [3.63, 3.8) is 0 Å². The number of nitrogens with zero attached hydrogens (tertiary/aromatic N) is 4. The smallest absolute Gasteiger partial charge is 0.203 e. The van der Waals surface area contributed by atoms with Crippen molar-refractivity contribution in [3.8, 4) is 0 Å². The second-order valence-electron chi connectivity index (χ2n) is 5.83. The SMILES string of the molecule is Cn1c(NCC(C)(C)c2ccncc2)nc2cnccc21. The fourth-order valence-corrected chi connectivity index (χ4v) is 2.42. The highest BCUT2D eigenvalue weighted by Gasteiger charge is 2.21. The zero-order chi connectivity index (χ0) is 14.9. The number of hydrogen-bond donors (Lipinski definition) is 1. The first-order chi connectivity index (χ1) is 10.1. The average molecular weight is 281 g/mol. The molecule has 0 amide bonds. The van der Waals surface area contributed by atoms with Crippen molar-refractivity contribution in [2.24, 2.45) is 7.05 Å². The third-order valence-electron chi connectivity index (χ3n) is 3.83. The van der Waals surface area contributed by atoms with Gasteiger partial charge in [-0.3, -0.25) is 9.97 Å². The van der Waals surface area contributed by atoms with Crippen LogP contribution >= 0.6 is 0 Å². The molecule has 3 rings (SSSR count). The molecule has 0 radical (unpaired) electrons. The standard InChI is InChI=1S/C16H19N5/c1-16(2,12-4-7-17-8-5-12)11-19-15-20-13-10-18-9-6-14(13)21(15)3/h4-10H,11H2,1-3H3,(H,19,20). The summed E-state index contributed by atoms with van der Waals surface area (Å²) in [6.07, 6.45) is 7.23. The molecule has 0 spiro atoms. The zero-order valence-corrected chi connectivity index (χ0v) is 12.5. The molecule has 5 nitrogen and oxygen atoms in total. The molecule has 0 aliphatic heterocycles. The predicted octanol–water partition coefficient (Wildman–Crippen LogP) is 2.75. The van der Waals surface area contributed by atoms with Crippen molar-refractivity contribution >= 4 is 17.0 Å². The summed E-state index contributed by atoms with van der Waals surface area (Å²) in [4.78, 5) is 12.8. The van der Waals surface area contributed by atoms with Crippen LogP contribution in [0.2, 0.25) is 0 Å². The van der Waals surface area contributed by atoms with E-state index < -0.39 is 0 Å². The van der Waals surface area contributed by atoms with Gasteiger partial charge in [0.1, 0.15) is 5.52 Å². The lowest BCUT2D eigenvalue weighted by Crippen LogP contribution is -2.28. The van der Waals surface area contributed by atoms with Crippen LogP contribution in [0.3, 0.4) is 0 Å². The highest BCUT2D eigenvalue weighted by molar-refractivity contribution is 5.77. The van der Waals surface area contributed by atoms with Gasteiger partial charge in [0, 0.05) is 37.6 Å². The molecule has 0 aliphatic rings. The van der Waals surface area contributed by atoms with Crippen LogP contribution in [0.5, 0.6) is 0 Å².